The Labute approximate surface area is 196 Å². The van der Waals surface area contributed by atoms with Gasteiger partial charge in [0, 0.05) is 18.4 Å². The second-order valence-electron chi connectivity index (χ2n) is 7.60. The van der Waals surface area contributed by atoms with E-state index < -0.39 is 21.8 Å². The average molecular weight is 493 g/mol. The van der Waals surface area contributed by atoms with Gasteiger partial charge in [-0.3, -0.25) is 9.10 Å². The van der Waals surface area contributed by atoms with Gasteiger partial charge in [0.1, 0.15) is 0 Å². The molecule has 0 unspecified atom stereocenters. The Balaban J connectivity index is 1.74. The molecule has 3 rings (SSSR count). The van der Waals surface area contributed by atoms with Crippen molar-refractivity contribution in [3.63, 3.8) is 0 Å². The summed E-state index contributed by atoms with van der Waals surface area (Å²) in [7, 11) is -2.20. The minimum Gasteiger partial charge on any atom is -0.380 e. The SMILES string of the molecule is COCc1cccc(NC(=O)c2ccc(CN(c3ccc(C(F)(F)F)cc3)S(C)(=O)=O)cc2)c1. The number of nitrogens with zero attached hydrogens (tertiary/aromatic N) is 1. The molecular formula is C24H23F3N2O4S. The molecule has 0 spiro atoms. The molecule has 1 N–H and O–H groups in total. The second-order valence-corrected chi connectivity index (χ2v) is 9.51. The van der Waals surface area contributed by atoms with Gasteiger partial charge >= 0.3 is 6.18 Å². The zero-order valence-corrected chi connectivity index (χ0v) is 19.3. The van der Waals surface area contributed by atoms with Gasteiger partial charge in [-0.15, -0.1) is 0 Å². The van der Waals surface area contributed by atoms with Crippen molar-refractivity contribution in [1.82, 2.24) is 0 Å². The number of amides is 1. The molecule has 0 aliphatic heterocycles. The fourth-order valence-corrected chi connectivity index (χ4v) is 4.14. The molecule has 3 aromatic rings. The number of benzene rings is 3. The predicted octanol–water partition coefficient (Wildman–Crippen LogP) is 5.07. The van der Waals surface area contributed by atoms with Crippen LogP contribution < -0.4 is 9.62 Å². The van der Waals surface area contributed by atoms with E-state index in [0.717, 1.165) is 40.4 Å². The van der Waals surface area contributed by atoms with Gasteiger partial charge in [-0.05, 0) is 59.7 Å². The van der Waals surface area contributed by atoms with Crippen LogP contribution in [0.15, 0.2) is 72.8 Å². The van der Waals surface area contributed by atoms with Crippen LogP contribution in [0.25, 0.3) is 0 Å². The first-order valence-corrected chi connectivity index (χ1v) is 12.0. The Hall–Kier alpha value is -3.37. The molecule has 0 heterocycles. The third-order valence-corrected chi connectivity index (χ3v) is 6.06. The number of alkyl halides is 3. The number of ether oxygens (including phenoxy) is 1. The van der Waals surface area contributed by atoms with Crippen molar-refractivity contribution in [3.05, 3.63) is 95.1 Å². The molecule has 34 heavy (non-hydrogen) atoms. The van der Waals surface area contributed by atoms with E-state index >= 15 is 0 Å². The van der Waals surface area contributed by atoms with Crippen molar-refractivity contribution in [2.45, 2.75) is 19.3 Å². The van der Waals surface area contributed by atoms with Crippen molar-refractivity contribution < 1.29 is 31.1 Å². The Morgan fingerprint density at radius 3 is 2.18 bits per heavy atom. The largest absolute Gasteiger partial charge is 0.416 e. The molecule has 0 atom stereocenters. The minimum absolute atomic E-state index is 0.105. The highest BCUT2D eigenvalue weighted by Crippen LogP contribution is 2.31. The first-order valence-electron chi connectivity index (χ1n) is 10.1. The molecule has 1 amide bonds. The maximum Gasteiger partial charge on any atom is 0.416 e. The molecule has 6 nitrogen and oxygen atoms in total. The molecule has 0 saturated carbocycles. The maximum absolute atomic E-state index is 12.8. The fraction of sp³-hybridized carbons (Fsp3) is 0.208. The first-order chi connectivity index (χ1) is 16.0. The van der Waals surface area contributed by atoms with Crippen LogP contribution in [0.2, 0.25) is 0 Å². The van der Waals surface area contributed by atoms with Crippen molar-refractivity contribution >= 4 is 27.3 Å². The second kappa shape index (κ2) is 10.3. The Kier molecular flexibility index (Phi) is 7.63. The van der Waals surface area contributed by atoms with Crippen molar-refractivity contribution in [2.75, 3.05) is 23.0 Å². The van der Waals surface area contributed by atoms with Gasteiger partial charge in [0.2, 0.25) is 10.0 Å². The topological polar surface area (TPSA) is 75.7 Å². The van der Waals surface area contributed by atoms with Gasteiger partial charge in [-0.2, -0.15) is 13.2 Å². The van der Waals surface area contributed by atoms with Crippen molar-refractivity contribution in [1.29, 1.82) is 0 Å². The van der Waals surface area contributed by atoms with E-state index in [1.807, 2.05) is 6.07 Å². The van der Waals surface area contributed by atoms with E-state index in [9.17, 15) is 26.4 Å². The lowest BCUT2D eigenvalue weighted by Crippen LogP contribution is -2.29. The molecule has 10 heteroatoms. The number of hydrogen-bond donors (Lipinski definition) is 1. The van der Waals surface area contributed by atoms with Crippen molar-refractivity contribution in [2.24, 2.45) is 0 Å². The van der Waals surface area contributed by atoms with Gasteiger partial charge in [0.25, 0.3) is 5.91 Å². The van der Waals surface area contributed by atoms with E-state index in [-0.39, 0.29) is 18.1 Å². The molecule has 0 aliphatic rings. The molecule has 0 aromatic heterocycles. The standard InChI is InChI=1S/C24H23F3N2O4S/c1-33-16-18-4-3-5-21(14-18)28-23(30)19-8-6-17(7-9-19)15-29(34(2,31)32)22-12-10-20(11-13-22)24(25,26)27/h3-14H,15-16H2,1-2H3,(H,28,30). The molecule has 0 aliphatic carbocycles. The summed E-state index contributed by atoms with van der Waals surface area (Å²) < 4.78 is 69.2. The fourth-order valence-electron chi connectivity index (χ4n) is 3.25. The minimum atomic E-state index is -4.52. The molecule has 0 saturated heterocycles. The molecular weight excluding hydrogens is 469 g/mol. The van der Waals surface area contributed by atoms with Crippen LogP contribution in [-0.2, 0) is 34.1 Å². The number of rotatable bonds is 8. The smallest absolute Gasteiger partial charge is 0.380 e. The van der Waals surface area contributed by atoms with Gasteiger partial charge in [0.05, 0.1) is 30.7 Å². The van der Waals surface area contributed by atoms with Gasteiger partial charge in [0.15, 0.2) is 0 Å². The lowest BCUT2D eigenvalue weighted by atomic mass is 10.1. The molecule has 180 valence electrons. The molecule has 0 radical (unpaired) electrons. The summed E-state index contributed by atoms with van der Waals surface area (Å²) in [6, 6.07) is 17.4. The van der Waals surface area contributed by atoms with E-state index in [0.29, 0.717) is 23.4 Å². The lowest BCUT2D eigenvalue weighted by molar-refractivity contribution is -0.137. The summed E-state index contributed by atoms with van der Waals surface area (Å²) in [6.45, 7) is 0.305. The first kappa shape index (κ1) is 25.3. The van der Waals surface area contributed by atoms with Crippen LogP contribution in [0.4, 0.5) is 24.5 Å². The number of halogens is 3. The van der Waals surface area contributed by atoms with Crippen LogP contribution >= 0.6 is 0 Å². The quantitative estimate of drug-likeness (QED) is 0.476. The summed E-state index contributed by atoms with van der Waals surface area (Å²) in [5, 5.41) is 2.79. The third kappa shape index (κ3) is 6.58. The van der Waals surface area contributed by atoms with E-state index in [1.54, 1.807) is 49.6 Å². The summed E-state index contributed by atoms with van der Waals surface area (Å²) in [5.41, 5.74) is 1.67. The predicted molar refractivity (Wildman–Crippen MR) is 124 cm³/mol. The zero-order valence-electron chi connectivity index (χ0n) is 18.5. The number of sulfonamides is 1. The highest BCUT2D eigenvalue weighted by atomic mass is 32.2. The van der Waals surface area contributed by atoms with Crippen LogP contribution in [0.1, 0.15) is 27.0 Å². The monoisotopic (exact) mass is 492 g/mol. The number of carbonyl (C=O) groups excluding carboxylic acids is 1. The maximum atomic E-state index is 12.8. The lowest BCUT2D eigenvalue weighted by Gasteiger charge is -2.23. The number of carbonyl (C=O) groups is 1. The van der Waals surface area contributed by atoms with Crippen LogP contribution in [-0.4, -0.2) is 27.7 Å². The van der Waals surface area contributed by atoms with E-state index in [2.05, 4.69) is 5.32 Å². The normalized spacial score (nSPS) is 11.8. The Morgan fingerprint density at radius 1 is 0.971 bits per heavy atom. The Bertz CT molecular complexity index is 1240. The highest BCUT2D eigenvalue weighted by molar-refractivity contribution is 7.92. The van der Waals surface area contributed by atoms with E-state index in [4.69, 9.17) is 4.74 Å². The van der Waals surface area contributed by atoms with Gasteiger partial charge < -0.3 is 10.1 Å². The molecule has 0 bridgehead atoms. The number of hydrogen-bond acceptors (Lipinski definition) is 4. The number of nitrogens with one attached hydrogen (secondary N) is 1. The third-order valence-electron chi connectivity index (χ3n) is 4.92. The summed E-state index contributed by atoms with van der Waals surface area (Å²) in [4.78, 5) is 12.6. The van der Waals surface area contributed by atoms with Crippen LogP contribution in [0.3, 0.4) is 0 Å². The molecule has 0 fully saturated rings. The molecule has 3 aromatic carbocycles. The summed E-state index contributed by atoms with van der Waals surface area (Å²) in [5.74, 6) is -0.344. The van der Waals surface area contributed by atoms with Gasteiger partial charge in [-0.1, -0.05) is 24.3 Å². The van der Waals surface area contributed by atoms with Crippen LogP contribution in [0.5, 0.6) is 0 Å². The van der Waals surface area contributed by atoms with Crippen LogP contribution in [0, 0.1) is 0 Å². The average Bonchev–Trinajstić information content (AvgIpc) is 2.77. The van der Waals surface area contributed by atoms with E-state index in [1.165, 1.54) is 0 Å². The number of anilines is 2. The van der Waals surface area contributed by atoms with Gasteiger partial charge in [-0.25, -0.2) is 8.42 Å². The Morgan fingerprint density at radius 2 is 1.62 bits per heavy atom. The van der Waals surface area contributed by atoms with Crippen molar-refractivity contribution in [3.8, 4) is 0 Å². The summed E-state index contributed by atoms with van der Waals surface area (Å²) in [6.07, 6.45) is -3.54. The summed E-state index contributed by atoms with van der Waals surface area (Å²) >= 11 is 0. The highest BCUT2D eigenvalue weighted by Gasteiger charge is 2.30. The number of methoxy groups -OCH3 is 1. The zero-order chi connectivity index (χ0) is 24.9.